The molecule has 0 aliphatic heterocycles. The van der Waals surface area contributed by atoms with Gasteiger partial charge in [-0.1, -0.05) is 105 Å². The number of rotatable bonds is 10. The molecule has 53 heavy (non-hydrogen) atoms. The molecule has 0 atom stereocenters. The SMILES string of the molecule is CCC(C)(CC)C(=O)/C=C(\O)C(C)(CC)CC.Cc1sc2cc3sc4c(-c5[c-]c6ccccc6c(C(C)(C)C)c5)nccc4c3cc2c1CC(C)C.[Ir]. The molecule has 0 amide bonds. The third-order valence-corrected chi connectivity index (χ3v) is 13.8. The average Bonchev–Trinajstić information content (AvgIpc) is 3.63. The molecule has 3 heterocycles. The Balaban J connectivity index is 0.000000299. The smallest absolute Gasteiger partial charge is 0.164 e. The Bertz CT molecular complexity index is 2260. The number of ketones is 1. The molecule has 1 radical (unpaired) electrons. The van der Waals surface area contributed by atoms with Crippen LogP contribution in [0.4, 0.5) is 0 Å². The summed E-state index contributed by atoms with van der Waals surface area (Å²) in [7, 11) is 0. The molecule has 0 saturated carbocycles. The van der Waals surface area contributed by atoms with Crippen molar-refractivity contribution in [1.29, 1.82) is 0 Å². The summed E-state index contributed by atoms with van der Waals surface area (Å²) in [6.45, 7) is 25.8. The summed E-state index contributed by atoms with van der Waals surface area (Å²) >= 11 is 3.81. The minimum Gasteiger partial charge on any atom is -0.512 e. The topological polar surface area (TPSA) is 50.2 Å². The van der Waals surface area contributed by atoms with Crippen molar-refractivity contribution in [3.63, 3.8) is 0 Å². The van der Waals surface area contributed by atoms with Crippen molar-refractivity contribution in [2.24, 2.45) is 16.7 Å². The first-order valence-electron chi connectivity index (χ1n) is 19.1. The number of carbonyl (C=O) groups is 1. The summed E-state index contributed by atoms with van der Waals surface area (Å²) in [5.41, 5.74) is 4.43. The van der Waals surface area contributed by atoms with Gasteiger partial charge in [-0.3, -0.25) is 9.78 Å². The molecule has 0 saturated heterocycles. The number of aromatic nitrogens is 1. The van der Waals surface area contributed by atoms with E-state index in [4.69, 9.17) is 4.98 Å². The minimum atomic E-state index is -0.337. The number of thiophene rings is 2. The number of hydrogen-bond acceptors (Lipinski definition) is 5. The second-order valence-corrected chi connectivity index (χ2v) is 18.8. The van der Waals surface area contributed by atoms with Gasteiger partial charge in [0.1, 0.15) is 5.76 Å². The van der Waals surface area contributed by atoms with Gasteiger partial charge < -0.3 is 5.11 Å². The van der Waals surface area contributed by atoms with Crippen LogP contribution in [0.1, 0.15) is 118 Å². The van der Waals surface area contributed by atoms with E-state index in [0.29, 0.717) is 5.92 Å². The van der Waals surface area contributed by atoms with Crippen LogP contribution < -0.4 is 0 Å². The second-order valence-electron chi connectivity index (χ2n) is 16.5. The van der Waals surface area contributed by atoms with E-state index in [1.165, 1.54) is 57.7 Å². The molecule has 6 aromatic rings. The third-order valence-electron chi connectivity index (χ3n) is 11.6. The second kappa shape index (κ2) is 16.9. The average molecular weight is 925 g/mol. The number of fused-ring (bicyclic) bond motifs is 5. The molecule has 0 spiro atoms. The molecule has 3 aromatic carbocycles. The maximum atomic E-state index is 12.2. The Kier molecular flexibility index (Phi) is 13.6. The molecule has 0 fully saturated rings. The predicted octanol–water partition coefficient (Wildman–Crippen LogP) is 14.7. The van der Waals surface area contributed by atoms with Gasteiger partial charge >= 0.3 is 0 Å². The van der Waals surface area contributed by atoms with E-state index in [0.717, 1.165) is 48.7 Å². The molecular weight excluding hydrogens is 867 g/mol. The zero-order chi connectivity index (χ0) is 38.2. The van der Waals surface area contributed by atoms with Crippen LogP contribution in [0.5, 0.6) is 0 Å². The van der Waals surface area contributed by atoms with Gasteiger partial charge in [0.15, 0.2) is 5.78 Å². The fourth-order valence-electron chi connectivity index (χ4n) is 6.98. The van der Waals surface area contributed by atoms with E-state index in [1.807, 2.05) is 70.4 Å². The number of allylic oxidation sites excluding steroid dienone is 2. The van der Waals surface area contributed by atoms with Crippen LogP contribution in [0.3, 0.4) is 0 Å². The summed E-state index contributed by atoms with van der Waals surface area (Å²) in [5.74, 6) is 0.937. The number of aliphatic hydroxyl groups excluding tert-OH is 1. The largest absolute Gasteiger partial charge is 0.512 e. The number of nitrogens with zero attached hydrogens (tertiary/aromatic N) is 1. The van der Waals surface area contributed by atoms with Crippen molar-refractivity contribution in [3.8, 4) is 11.3 Å². The van der Waals surface area contributed by atoms with Crippen LogP contribution in [0.25, 0.3) is 52.3 Å². The quantitative estimate of drug-likeness (QED) is 0.0846. The van der Waals surface area contributed by atoms with Gasteiger partial charge in [-0.05, 0) is 84.9 Å². The number of carbonyl (C=O) groups excluding carboxylic acids is 1. The van der Waals surface area contributed by atoms with Crippen molar-refractivity contribution in [3.05, 3.63) is 88.6 Å². The molecule has 0 aliphatic carbocycles. The Morgan fingerprint density at radius 2 is 1.45 bits per heavy atom. The first-order valence-corrected chi connectivity index (χ1v) is 20.8. The van der Waals surface area contributed by atoms with Gasteiger partial charge in [-0.2, -0.15) is 0 Å². The molecule has 0 unspecified atom stereocenters. The number of pyridine rings is 1. The van der Waals surface area contributed by atoms with Crippen LogP contribution in [0, 0.1) is 29.7 Å². The number of hydrogen-bond donors (Lipinski definition) is 1. The molecule has 285 valence electrons. The van der Waals surface area contributed by atoms with Crippen molar-refractivity contribution in [2.45, 2.75) is 121 Å². The summed E-state index contributed by atoms with van der Waals surface area (Å²) in [6, 6.07) is 21.7. The van der Waals surface area contributed by atoms with Crippen molar-refractivity contribution in [1.82, 2.24) is 4.98 Å². The summed E-state index contributed by atoms with van der Waals surface area (Å²) in [4.78, 5) is 18.5. The zero-order valence-corrected chi connectivity index (χ0v) is 37.9. The molecule has 6 rings (SSSR count). The first kappa shape index (κ1) is 42.8. The van der Waals surface area contributed by atoms with E-state index >= 15 is 0 Å². The van der Waals surface area contributed by atoms with Crippen LogP contribution in [0.2, 0.25) is 0 Å². The maximum Gasteiger partial charge on any atom is 0.164 e. The molecule has 0 aliphatic rings. The molecule has 1 N–H and O–H groups in total. The van der Waals surface area contributed by atoms with Gasteiger partial charge in [0.25, 0.3) is 0 Å². The Labute approximate surface area is 339 Å². The summed E-state index contributed by atoms with van der Waals surface area (Å²) in [6.07, 6.45) is 7.86. The molecule has 3 nitrogen and oxygen atoms in total. The van der Waals surface area contributed by atoms with E-state index in [-0.39, 0.29) is 47.9 Å². The maximum absolute atomic E-state index is 12.2. The third kappa shape index (κ3) is 8.67. The Hall–Kier alpha value is -2.89. The van der Waals surface area contributed by atoms with E-state index in [9.17, 15) is 9.90 Å². The standard InChI is InChI=1S/C32H30NS2.C15H28O2.Ir/c1-18(2)13-24-19(3)34-28-17-29-25(16-26(24)28)23-11-12-33-30(31(23)35-29)21-14-20-9-7-8-10-22(20)27(15-21)32(4,5)6;1-7-14(5,8-2)12(16)11-13(17)15(6,9-3)10-4;/h7-12,15-18H,13H2,1-6H3;11,16H,7-10H2,1-6H3;/q-1;;/b;12-11-;. The molecule has 0 bridgehead atoms. The Morgan fingerprint density at radius 1 is 0.830 bits per heavy atom. The van der Waals surface area contributed by atoms with Gasteiger partial charge in [-0.15, -0.1) is 51.8 Å². The normalized spacial score (nSPS) is 12.8. The van der Waals surface area contributed by atoms with E-state index in [2.05, 4.69) is 96.1 Å². The van der Waals surface area contributed by atoms with Crippen molar-refractivity contribution >= 4 is 69.5 Å². The molecular formula is C47H58IrNO2S2-. The number of benzene rings is 3. The Morgan fingerprint density at radius 3 is 2.06 bits per heavy atom. The fraction of sp³-hybridized carbons (Fsp3) is 0.447. The van der Waals surface area contributed by atoms with Crippen molar-refractivity contribution < 1.29 is 30.0 Å². The van der Waals surface area contributed by atoms with E-state index < -0.39 is 0 Å². The van der Waals surface area contributed by atoms with Gasteiger partial charge in [0, 0.05) is 73.3 Å². The molecule has 3 aromatic heterocycles. The summed E-state index contributed by atoms with van der Waals surface area (Å²) in [5, 5.41) is 16.6. The summed E-state index contributed by atoms with van der Waals surface area (Å²) < 4.78 is 4.00. The first-order chi connectivity index (χ1) is 24.5. The zero-order valence-electron chi connectivity index (χ0n) is 33.8. The molecule has 6 heteroatoms. The van der Waals surface area contributed by atoms with E-state index in [1.54, 1.807) is 0 Å². The van der Waals surface area contributed by atoms with Crippen LogP contribution >= 0.6 is 22.7 Å². The van der Waals surface area contributed by atoms with Gasteiger partial charge in [0.05, 0.1) is 0 Å². The minimum absolute atomic E-state index is 0. The predicted molar refractivity (Wildman–Crippen MR) is 229 cm³/mol. The monoisotopic (exact) mass is 925 g/mol. The van der Waals surface area contributed by atoms with Crippen LogP contribution in [0.15, 0.2) is 66.6 Å². The van der Waals surface area contributed by atoms with Crippen LogP contribution in [-0.4, -0.2) is 15.9 Å². The van der Waals surface area contributed by atoms with Crippen molar-refractivity contribution in [2.75, 3.05) is 0 Å². The number of aryl methyl sites for hydroxylation is 1. The van der Waals surface area contributed by atoms with Gasteiger partial charge in [-0.25, -0.2) is 0 Å². The van der Waals surface area contributed by atoms with Crippen LogP contribution in [-0.2, 0) is 36.7 Å². The van der Waals surface area contributed by atoms with Gasteiger partial charge in [0.2, 0.25) is 0 Å². The number of aliphatic hydroxyl groups is 1. The fourth-order valence-corrected chi connectivity index (χ4v) is 9.39.